The summed E-state index contributed by atoms with van der Waals surface area (Å²) in [6, 6.07) is 6.46. The third-order valence-electron chi connectivity index (χ3n) is 3.03. The first kappa shape index (κ1) is 12.7. The van der Waals surface area contributed by atoms with Gasteiger partial charge in [0.25, 0.3) is 0 Å². The van der Waals surface area contributed by atoms with Crippen molar-refractivity contribution in [2.45, 2.75) is 25.4 Å². The van der Waals surface area contributed by atoms with Crippen molar-refractivity contribution in [2.24, 2.45) is 0 Å². The number of ether oxygens (including phenoxy) is 2. The monoisotopic (exact) mass is 255 g/mol. The molecule has 0 aromatic heterocycles. The first-order valence-corrected chi connectivity index (χ1v) is 6.31. The van der Waals surface area contributed by atoms with E-state index in [0.717, 1.165) is 38.3 Å². The zero-order chi connectivity index (χ0) is 12.1. The lowest BCUT2D eigenvalue weighted by Gasteiger charge is -2.23. The third-order valence-corrected chi connectivity index (χ3v) is 3.33. The van der Waals surface area contributed by atoms with E-state index in [-0.39, 0.29) is 0 Å². The van der Waals surface area contributed by atoms with Gasteiger partial charge < -0.3 is 14.8 Å². The zero-order valence-corrected chi connectivity index (χ0v) is 10.8. The van der Waals surface area contributed by atoms with E-state index in [2.05, 4.69) is 5.32 Å². The first-order chi connectivity index (χ1) is 8.29. The summed E-state index contributed by atoms with van der Waals surface area (Å²) in [6.07, 6.45) is 2.17. The summed E-state index contributed by atoms with van der Waals surface area (Å²) in [7, 11) is 1.63. The van der Waals surface area contributed by atoms with Gasteiger partial charge in [0, 0.05) is 25.8 Å². The standard InChI is InChI=1S/C13H18ClNO2/c1-16-13-3-2-10(8-12(13)14)9-15-11-4-6-17-7-5-11/h2-3,8,11,15H,4-7,9H2,1H3. The largest absolute Gasteiger partial charge is 0.495 e. The van der Waals surface area contributed by atoms with Gasteiger partial charge in [-0.2, -0.15) is 0 Å². The molecule has 17 heavy (non-hydrogen) atoms. The highest BCUT2D eigenvalue weighted by atomic mass is 35.5. The maximum atomic E-state index is 6.08. The molecule has 1 fully saturated rings. The predicted octanol–water partition coefficient (Wildman–Crippen LogP) is 2.62. The van der Waals surface area contributed by atoms with Gasteiger partial charge in [-0.15, -0.1) is 0 Å². The predicted molar refractivity (Wildman–Crippen MR) is 68.7 cm³/mol. The second-order valence-corrected chi connectivity index (χ2v) is 4.64. The molecular formula is C13H18ClNO2. The van der Waals surface area contributed by atoms with Crippen LogP contribution in [0.25, 0.3) is 0 Å². The van der Waals surface area contributed by atoms with E-state index in [1.807, 2.05) is 18.2 Å². The van der Waals surface area contributed by atoms with Crippen molar-refractivity contribution in [2.75, 3.05) is 20.3 Å². The van der Waals surface area contributed by atoms with E-state index in [9.17, 15) is 0 Å². The number of hydrogen-bond donors (Lipinski definition) is 1. The van der Waals surface area contributed by atoms with Crippen LogP contribution in [0.15, 0.2) is 18.2 Å². The molecule has 0 aliphatic carbocycles. The van der Waals surface area contributed by atoms with Gasteiger partial charge in [0.05, 0.1) is 12.1 Å². The minimum atomic E-state index is 0.560. The minimum absolute atomic E-state index is 0.560. The highest BCUT2D eigenvalue weighted by Gasteiger charge is 2.12. The molecule has 1 aliphatic heterocycles. The molecule has 0 bridgehead atoms. The van der Waals surface area contributed by atoms with Crippen LogP contribution in [-0.4, -0.2) is 26.4 Å². The average Bonchev–Trinajstić information content (AvgIpc) is 2.38. The molecule has 0 spiro atoms. The van der Waals surface area contributed by atoms with Gasteiger partial charge >= 0.3 is 0 Å². The Morgan fingerprint density at radius 3 is 2.82 bits per heavy atom. The minimum Gasteiger partial charge on any atom is -0.495 e. The van der Waals surface area contributed by atoms with Gasteiger partial charge in [0.1, 0.15) is 5.75 Å². The van der Waals surface area contributed by atoms with Crippen LogP contribution in [0.1, 0.15) is 18.4 Å². The number of halogens is 1. The molecule has 3 nitrogen and oxygen atoms in total. The molecule has 1 aromatic rings. The van der Waals surface area contributed by atoms with E-state index in [0.29, 0.717) is 11.1 Å². The molecule has 1 N–H and O–H groups in total. The average molecular weight is 256 g/mol. The Morgan fingerprint density at radius 2 is 2.18 bits per heavy atom. The molecule has 1 heterocycles. The smallest absolute Gasteiger partial charge is 0.137 e. The highest BCUT2D eigenvalue weighted by molar-refractivity contribution is 6.32. The van der Waals surface area contributed by atoms with Crippen molar-refractivity contribution in [1.82, 2.24) is 5.32 Å². The highest BCUT2D eigenvalue weighted by Crippen LogP contribution is 2.24. The molecule has 4 heteroatoms. The number of methoxy groups -OCH3 is 1. The SMILES string of the molecule is COc1ccc(CNC2CCOCC2)cc1Cl. The van der Waals surface area contributed by atoms with Crippen LogP contribution < -0.4 is 10.1 Å². The Kier molecular flexibility index (Phi) is 4.66. The first-order valence-electron chi connectivity index (χ1n) is 5.93. The Labute approximate surface area is 107 Å². The number of rotatable bonds is 4. The van der Waals surface area contributed by atoms with Crippen molar-refractivity contribution in [3.63, 3.8) is 0 Å². The lowest BCUT2D eigenvalue weighted by molar-refractivity contribution is 0.0776. The third kappa shape index (κ3) is 3.60. The lowest BCUT2D eigenvalue weighted by Crippen LogP contribution is -2.34. The van der Waals surface area contributed by atoms with E-state index in [1.54, 1.807) is 7.11 Å². The molecule has 0 atom stereocenters. The Bertz CT molecular complexity index is 364. The molecule has 2 rings (SSSR count). The Morgan fingerprint density at radius 1 is 1.41 bits per heavy atom. The summed E-state index contributed by atoms with van der Waals surface area (Å²) in [5.41, 5.74) is 1.18. The molecular weight excluding hydrogens is 238 g/mol. The molecule has 0 saturated carbocycles. The van der Waals surface area contributed by atoms with Crippen LogP contribution in [-0.2, 0) is 11.3 Å². The van der Waals surface area contributed by atoms with Gasteiger partial charge in [0.2, 0.25) is 0 Å². The molecule has 0 amide bonds. The van der Waals surface area contributed by atoms with Crippen LogP contribution >= 0.6 is 11.6 Å². The van der Waals surface area contributed by atoms with Crippen LogP contribution in [0, 0.1) is 0 Å². The quantitative estimate of drug-likeness (QED) is 0.897. The van der Waals surface area contributed by atoms with E-state index in [4.69, 9.17) is 21.1 Å². The normalized spacial score (nSPS) is 17.1. The molecule has 0 radical (unpaired) electrons. The maximum Gasteiger partial charge on any atom is 0.137 e. The number of hydrogen-bond acceptors (Lipinski definition) is 3. The fraction of sp³-hybridized carbons (Fsp3) is 0.538. The van der Waals surface area contributed by atoms with E-state index < -0.39 is 0 Å². The van der Waals surface area contributed by atoms with Crippen LogP contribution in [0.5, 0.6) is 5.75 Å². The molecule has 94 valence electrons. The number of nitrogens with one attached hydrogen (secondary N) is 1. The van der Waals surface area contributed by atoms with E-state index >= 15 is 0 Å². The van der Waals surface area contributed by atoms with Crippen molar-refractivity contribution >= 4 is 11.6 Å². The fourth-order valence-corrected chi connectivity index (χ4v) is 2.26. The second kappa shape index (κ2) is 6.24. The van der Waals surface area contributed by atoms with Gasteiger partial charge in [0.15, 0.2) is 0 Å². The summed E-state index contributed by atoms with van der Waals surface area (Å²) in [6.45, 7) is 2.57. The molecule has 1 aliphatic rings. The summed E-state index contributed by atoms with van der Waals surface area (Å²) in [4.78, 5) is 0. The van der Waals surface area contributed by atoms with Crippen molar-refractivity contribution in [1.29, 1.82) is 0 Å². The van der Waals surface area contributed by atoms with E-state index in [1.165, 1.54) is 5.56 Å². The van der Waals surface area contributed by atoms with Crippen molar-refractivity contribution in [3.8, 4) is 5.75 Å². The van der Waals surface area contributed by atoms with Gasteiger partial charge in [-0.05, 0) is 30.5 Å². The van der Waals surface area contributed by atoms with Crippen molar-refractivity contribution < 1.29 is 9.47 Å². The summed E-state index contributed by atoms with van der Waals surface area (Å²) in [5.74, 6) is 0.724. The lowest BCUT2D eigenvalue weighted by atomic mass is 10.1. The van der Waals surface area contributed by atoms with Crippen LogP contribution in [0.2, 0.25) is 5.02 Å². The maximum absolute atomic E-state index is 6.08. The number of benzene rings is 1. The second-order valence-electron chi connectivity index (χ2n) is 4.24. The van der Waals surface area contributed by atoms with Gasteiger partial charge in [-0.1, -0.05) is 17.7 Å². The van der Waals surface area contributed by atoms with Crippen LogP contribution in [0.3, 0.4) is 0 Å². The van der Waals surface area contributed by atoms with Gasteiger partial charge in [-0.25, -0.2) is 0 Å². The van der Waals surface area contributed by atoms with Crippen LogP contribution in [0.4, 0.5) is 0 Å². The zero-order valence-electron chi connectivity index (χ0n) is 10.0. The van der Waals surface area contributed by atoms with Crippen molar-refractivity contribution in [3.05, 3.63) is 28.8 Å². The Hall–Kier alpha value is -0.770. The summed E-state index contributed by atoms with van der Waals surface area (Å²) in [5, 5.41) is 4.19. The summed E-state index contributed by atoms with van der Waals surface area (Å²) >= 11 is 6.08. The molecule has 1 saturated heterocycles. The Balaban J connectivity index is 1.87. The summed E-state index contributed by atoms with van der Waals surface area (Å²) < 4.78 is 10.4. The topological polar surface area (TPSA) is 30.5 Å². The molecule has 0 unspecified atom stereocenters. The van der Waals surface area contributed by atoms with Gasteiger partial charge in [-0.3, -0.25) is 0 Å². The molecule has 1 aromatic carbocycles. The fourth-order valence-electron chi connectivity index (χ4n) is 1.98.